The molecule has 14 N–H and O–H groups in total. The lowest BCUT2D eigenvalue weighted by molar-refractivity contribution is -0.131. The van der Waals surface area contributed by atoms with Crippen LogP contribution < -0.4 is 49.9 Å². The van der Waals surface area contributed by atoms with Gasteiger partial charge in [-0.3, -0.25) is 34.0 Å². The van der Waals surface area contributed by atoms with Crippen LogP contribution in [0.4, 0.5) is 0 Å². The predicted octanol–water partition coefficient (Wildman–Crippen LogP) is -5.20. The molecule has 0 aliphatic rings. The molecule has 0 heterocycles. The number of hydrogen-bond donors (Lipinski definition) is 9. The summed E-state index contributed by atoms with van der Waals surface area (Å²) < 4.78 is 0. The van der Waals surface area contributed by atoms with Crippen molar-refractivity contribution in [2.45, 2.75) is 44.7 Å². The maximum absolute atomic E-state index is 12.4. The summed E-state index contributed by atoms with van der Waals surface area (Å²) >= 11 is 0. The molecule has 34 heavy (non-hydrogen) atoms. The zero-order valence-electron chi connectivity index (χ0n) is 19.1. The Labute approximate surface area is 196 Å². The Balaban J connectivity index is 4.90. The van der Waals surface area contributed by atoms with E-state index in [9.17, 15) is 24.0 Å². The molecule has 0 aliphatic heterocycles. The third-order valence-electron chi connectivity index (χ3n) is 4.10. The van der Waals surface area contributed by atoms with Crippen molar-refractivity contribution in [2.24, 2.45) is 38.7 Å². The van der Waals surface area contributed by atoms with Crippen LogP contribution in [-0.4, -0.2) is 79.7 Å². The van der Waals surface area contributed by atoms with Crippen LogP contribution in [-0.2, 0) is 24.0 Å². The minimum atomic E-state index is -1.02. The van der Waals surface area contributed by atoms with Gasteiger partial charge in [0.2, 0.25) is 29.5 Å². The van der Waals surface area contributed by atoms with Crippen molar-refractivity contribution in [3.05, 3.63) is 0 Å². The van der Waals surface area contributed by atoms with E-state index in [2.05, 4.69) is 31.3 Å². The zero-order valence-corrected chi connectivity index (χ0v) is 19.1. The van der Waals surface area contributed by atoms with E-state index >= 15 is 0 Å². The summed E-state index contributed by atoms with van der Waals surface area (Å²) in [6, 6.07) is -1.93. The number of primary amides is 1. The Morgan fingerprint density at radius 3 is 1.56 bits per heavy atom. The van der Waals surface area contributed by atoms with E-state index in [1.54, 1.807) is 0 Å². The van der Waals surface area contributed by atoms with Gasteiger partial charge in [0.15, 0.2) is 11.9 Å². The molecule has 16 heteroatoms. The van der Waals surface area contributed by atoms with Gasteiger partial charge in [0.05, 0.1) is 13.1 Å². The van der Waals surface area contributed by atoms with E-state index in [0.29, 0.717) is 12.8 Å². The normalized spacial score (nSPS) is 11.8. The number of rotatable bonds is 16. The summed E-state index contributed by atoms with van der Waals surface area (Å²) in [6.07, 6.45) is 1.13. The molecule has 0 spiro atoms. The van der Waals surface area contributed by atoms with Gasteiger partial charge in [0.1, 0.15) is 12.1 Å². The molecule has 0 bridgehead atoms. The standard InChI is InChI=1S/C18H35N11O5/c1-10(30)28-11(4-2-6-24-17(20)21)15(33)27-9-14(32)29-12(5-3-7-25-18(22)23)16(34)26-8-13(19)31/h11-12H,2-9H2,1H3,(H2,19,31)(H,26,34)(H,27,33)(H,28,30)(H,29,32)(H4,20,21,24)(H4,22,23,25)/t11?,12-/m0/s1. The Morgan fingerprint density at radius 2 is 1.15 bits per heavy atom. The minimum absolute atomic E-state index is 0.0927. The van der Waals surface area contributed by atoms with Crippen molar-refractivity contribution in [3.63, 3.8) is 0 Å². The monoisotopic (exact) mass is 485 g/mol. The van der Waals surface area contributed by atoms with Gasteiger partial charge in [-0.05, 0) is 25.7 Å². The third-order valence-corrected chi connectivity index (χ3v) is 4.10. The van der Waals surface area contributed by atoms with Crippen LogP contribution in [0.2, 0.25) is 0 Å². The Bertz CT molecular complexity index is 776. The predicted molar refractivity (Wildman–Crippen MR) is 125 cm³/mol. The molecule has 1 unspecified atom stereocenters. The van der Waals surface area contributed by atoms with Crippen LogP contribution in [0, 0.1) is 0 Å². The van der Waals surface area contributed by atoms with Gasteiger partial charge in [-0.1, -0.05) is 0 Å². The fraction of sp³-hybridized carbons (Fsp3) is 0.611. The average Bonchev–Trinajstić information content (AvgIpc) is 2.73. The average molecular weight is 486 g/mol. The largest absolute Gasteiger partial charge is 0.370 e. The summed E-state index contributed by atoms with van der Waals surface area (Å²) in [5.41, 5.74) is 26.0. The van der Waals surface area contributed by atoms with E-state index in [0.717, 1.165) is 0 Å². The smallest absolute Gasteiger partial charge is 0.243 e. The molecule has 0 aromatic heterocycles. The second-order valence-electron chi connectivity index (χ2n) is 7.17. The Morgan fingerprint density at radius 1 is 0.706 bits per heavy atom. The van der Waals surface area contributed by atoms with Crippen molar-refractivity contribution in [3.8, 4) is 0 Å². The first-order valence-corrected chi connectivity index (χ1v) is 10.4. The van der Waals surface area contributed by atoms with Crippen molar-refractivity contribution in [1.82, 2.24) is 21.3 Å². The van der Waals surface area contributed by atoms with Crippen molar-refractivity contribution >= 4 is 41.5 Å². The van der Waals surface area contributed by atoms with Crippen molar-refractivity contribution < 1.29 is 24.0 Å². The summed E-state index contributed by atoms with van der Waals surface area (Å²) in [5.74, 6) is -3.31. The van der Waals surface area contributed by atoms with E-state index < -0.39 is 54.7 Å². The number of aliphatic imine (C=N–C) groups is 2. The molecule has 16 nitrogen and oxygen atoms in total. The second kappa shape index (κ2) is 16.5. The Hall–Kier alpha value is -4.11. The molecular weight excluding hydrogens is 450 g/mol. The molecular formula is C18H35N11O5. The Kier molecular flexibility index (Phi) is 14.5. The van der Waals surface area contributed by atoms with Gasteiger partial charge in [-0.25, -0.2) is 0 Å². The molecule has 2 atom stereocenters. The van der Waals surface area contributed by atoms with Crippen LogP contribution in [0.15, 0.2) is 9.98 Å². The third kappa shape index (κ3) is 15.7. The number of carbonyl (C=O) groups is 5. The van der Waals surface area contributed by atoms with E-state index in [4.69, 9.17) is 28.7 Å². The summed E-state index contributed by atoms with van der Waals surface area (Å²) in [4.78, 5) is 66.9. The molecule has 0 rings (SSSR count). The quantitative estimate of drug-likeness (QED) is 0.0572. The number of nitrogens with one attached hydrogen (secondary N) is 4. The SMILES string of the molecule is CC(=O)NC(CCCN=C(N)N)C(=O)NCC(=O)N[C@@H](CCCN=C(N)N)C(=O)NCC(N)=O. The lowest BCUT2D eigenvalue weighted by atomic mass is 10.1. The number of nitrogens with zero attached hydrogens (tertiary/aromatic N) is 2. The highest BCUT2D eigenvalue weighted by Crippen LogP contribution is 2.00. The molecule has 0 aromatic carbocycles. The van der Waals surface area contributed by atoms with Crippen LogP contribution in [0.1, 0.15) is 32.6 Å². The second-order valence-corrected chi connectivity index (χ2v) is 7.17. The molecule has 0 fully saturated rings. The number of nitrogens with two attached hydrogens (primary N) is 5. The zero-order chi connectivity index (χ0) is 26.1. The van der Waals surface area contributed by atoms with Gasteiger partial charge in [0, 0.05) is 20.0 Å². The number of guanidine groups is 2. The molecule has 5 amide bonds. The first kappa shape index (κ1) is 29.9. The molecule has 0 saturated carbocycles. The molecule has 192 valence electrons. The lowest BCUT2D eigenvalue weighted by Crippen LogP contribution is -2.52. The summed E-state index contributed by atoms with van der Waals surface area (Å²) in [6.45, 7) is 0.853. The van der Waals surface area contributed by atoms with Crippen LogP contribution in [0.25, 0.3) is 0 Å². The number of hydrogen-bond acceptors (Lipinski definition) is 7. The van der Waals surface area contributed by atoms with Crippen molar-refractivity contribution in [1.29, 1.82) is 0 Å². The number of carbonyl (C=O) groups excluding carboxylic acids is 5. The van der Waals surface area contributed by atoms with Gasteiger partial charge < -0.3 is 49.9 Å². The summed E-state index contributed by atoms with van der Waals surface area (Å²) in [5, 5.41) is 9.66. The van der Waals surface area contributed by atoms with E-state index in [1.165, 1.54) is 6.92 Å². The van der Waals surface area contributed by atoms with Gasteiger partial charge in [0.25, 0.3) is 0 Å². The highest BCUT2D eigenvalue weighted by molar-refractivity contribution is 5.93. The van der Waals surface area contributed by atoms with E-state index in [-0.39, 0.29) is 37.9 Å². The van der Waals surface area contributed by atoms with Gasteiger partial charge in [-0.2, -0.15) is 0 Å². The van der Waals surface area contributed by atoms with Gasteiger partial charge >= 0.3 is 0 Å². The molecule has 0 radical (unpaired) electrons. The van der Waals surface area contributed by atoms with E-state index in [1.807, 2.05) is 0 Å². The fourth-order valence-electron chi connectivity index (χ4n) is 2.62. The minimum Gasteiger partial charge on any atom is -0.370 e. The highest BCUT2D eigenvalue weighted by Gasteiger charge is 2.23. The first-order valence-electron chi connectivity index (χ1n) is 10.4. The molecule has 0 aromatic rings. The lowest BCUT2D eigenvalue weighted by Gasteiger charge is -2.20. The van der Waals surface area contributed by atoms with Crippen LogP contribution in [0.5, 0.6) is 0 Å². The molecule has 0 saturated heterocycles. The molecule has 0 aliphatic carbocycles. The maximum Gasteiger partial charge on any atom is 0.243 e. The summed E-state index contributed by atoms with van der Waals surface area (Å²) in [7, 11) is 0. The topological polar surface area (TPSA) is 288 Å². The van der Waals surface area contributed by atoms with Crippen LogP contribution >= 0.6 is 0 Å². The first-order chi connectivity index (χ1) is 15.9. The highest BCUT2D eigenvalue weighted by atomic mass is 16.2. The fourth-order valence-corrected chi connectivity index (χ4v) is 2.62. The van der Waals surface area contributed by atoms with Gasteiger partial charge in [-0.15, -0.1) is 0 Å². The number of amides is 5. The van der Waals surface area contributed by atoms with Crippen molar-refractivity contribution in [2.75, 3.05) is 26.2 Å². The van der Waals surface area contributed by atoms with Crippen LogP contribution in [0.3, 0.4) is 0 Å². The maximum atomic E-state index is 12.4.